The maximum atomic E-state index is 12.2. The van der Waals surface area contributed by atoms with Crippen molar-refractivity contribution in [3.8, 4) is 0 Å². The fraction of sp³-hybridized carbons (Fsp3) is 0.353. The zero-order chi connectivity index (χ0) is 18.4. The van der Waals surface area contributed by atoms with Crippen LogP contribution in [0.5, 0.6) is 0 Å². The van der Waals surface area contributed by atoms with Crippen molar-refractivity contribution in [2.45, 2.75) is 26.3 Å². The minimum absolute atomic E-state index is 0.197. The van der Waals surface area contributed by atoms with Gasteiger partial charge in [0.05, 0.1) is 29.5 Å². The molecule has 1 heterocycles. The van der Waals surface area contributed by atoms with Crippen molar-refractivity contribution in [3.63, 3.8) is 0 Å². The van der Waals surface area contributed by atoms with Gasteiger partial charge in [0, 0.05) is 5.02 Å². The summed E-state index contributed by atoms with van der Waals surface area (Å²) in [4.78, 5) is 36.1. The molecule has 7 nitrogen and oxygen atoms in total. The van der Waals surface area contributed by atoms with Crippen LogP contribution in [0.3, 0.4) is 0 Å². The molecule has 1 aliphatic rings. The first-order valence-corrected chi connectivity index (χ1v) is 8.24. The summed E-state index contributed by atoms with van der Waals surface area (Å²) in [6.07, 6.45) is 0.493. The lowest BCUT2D eigenvalue weighted by atomic mass is 10.0. The average molecular weight is 367 g/mol. The van der Waals surface area contributed by atoms with E-state index >= 15 is 0 Å². The van der Waals surface area contributed by atoms with Crippen LogP contribution in [0.15, 0.2) is 35.5 Å². The van der Waals surface area contributed by atoms with Crippen molar-refractivity contribution in [2.75, 3.05) is 13.2 Å². The Morgan fingerprint density at radius 1 is 1.20 bits per heavy atom. The Hall–Kier alpha value is -2.54. The number of urea groups is 1. The molecular formula is C17H19ClN2O5. The molecule has 0 radical (unpaired) electrons. The summed E-state index contributed by atoms with van der Waals surface area (Å²) in [6, 6.07) is 5.33. The minimum atomic E-state index is -0.612. The number of hydrogen-bond donors (Lipinski definition) is 2. The Balaban J connectivity index is 2.21. The molecule has 1 aliphatic heterocycles. The lowest BCUT2D eigenvalue weighted by Gasteiger charge is -2.28. The molecule has 134 valence electrons. The SMILES string of the molecule is CCOC(=O)C1=C(COC(=O)c2cccc(Cl)c2)NC(=O)N[C@@H]1CC. The number of ether oxygens (including phenoxy) is 2. The van der Waals surface area contributed by atoms with Crippen LogP contribution in [-0.4, -0.2) is 37.2 Å². The second-order valence-corrected chi connectivity index (χ2v) is 5.69. The van der Waals surface area contributed by atoms with Crippen molar-refractivity contribution in [1.29, 1.82) is 0 Å². The third-order valence-electron chi connectivity index (χ3n) is 3.55. The first-order chi connectivity index (χ1) is 12.0. The number of carbonyl (C=O) groups excluding carboxylic acids is 3. The van der Waals surface area contributed by atoms with E-state index in [4.69, 9.17) is 21.1 Å². The van der Waals surface area contributed by atoms with E-state index in [2.05, 4.69) is 10.6 Å². The number of hydrogen-bond acceptors (Lipinski definition) is 5. The summed E-state index contributed by atoms with van der Waals surface area (Å²) in [7, 11) is 0. The van der Waals surface area contributed by atoms with Crippen LogP contribution in [0.4, 0.5) is 4.79 Å². The van der Waals surface area contributed by atoms with Gasteiger partial charge in [-0.25, -0.2) is 14.4 Å². The maximum absolute atomic E-state index is 12.2. The van der Waals surface area contributed by atoms with Crippen molar-refractivity contribution < 1.29 is 23.9 Å². The zero-order valence-corrected chi connectivity index (χ0v) is 14.7. The predicted molar refractivity (Wildman–Crippen MR) is 91.1 cm³/mol. The van der Waals surface area contributed by atoms with E-state index in [1.165, 1.54) is 6.07 Å². The van der Waals surface area contributed by atoms with Crippen molar-refractivity contribution in [1.82, 2.24) is 10.6 Å². The first kappa shape index (κ1) is 18.8. The van der Waals surface area contributed by atoms with Crippen LogP contribution in [-0.2, 0) is 14.3 Å². The summed E-state index contributed by atoms with van der Waals surface area (Å²) < 4.78 is 10.3. The van der Waals surface area contributed by atoms with E-state index in [9.17, 15) is 14.4 Å². The van der Waals surface area contributed by atoms with Gasteiger partial charge >= 0.3 is 18.0 Å². The van der Waals surface area contributed by atoms with E-state index in [0.29, 0.717) is 11.4 Å². The van der Waals surface area contributed by atoms with Gasteiger partial charge in [-0.15, -0.1) is 0 Å². The van der Waals surface area contributed by atoms with E-state index in [1.807, 2.05) is 6.92 Å². The Morgan fingerprint density at radius 2 is 1.96 bits per heavy atom. The van der Waals surface area contributed by atoms with Gasteiger partial charge in [0.2, 0.25) is 0 Å². The number of esters is 2. The minimum Gasteiger partial charge on any atom is -0.463 e. The third kappa shape index (κ3) is 4.73. The molecule has 2 N–H and O–H groups in total. The summed E-state index contributed by atoms with van der Waals surface area (Å²) in [6.45, 7) is 3.45. The molecule has 0 saturated carbocycles. The molecule has 0 spiro atoms. The fourth-order valence-corrected chi connectivity index (χ4v) is 2.60. The topological polar surface area (TPSA) is 93.7 Å². The van der Waals surface area contributed by atoms with Crippen LogP contribution in [0.2, 0.25) is 5.02 Å². The highest BCUT2D eigenvalue weighted by Gasteiger charge is 2.32. The molecule has 0 aliphatic carbocycles. The highest BCUT2D eigenvalue weighted by Crippen LogP contribution is 2.18. The summed E-state index contributed by atoms with van der Waals surface area (Å²) in [5, 5.41) is 5.56. The average Bonchev–Trinajstić information content (AvgIpc) is 2.59. The Labute approximate surface area is 150 Å². The van der Waals surface area contributed by atoms with E-state index in [1.54, 1.807) is 25.1 Å². The Bertz CT molecular complexity index is 717. The molecule has 0 saturated heterocycles. The van der Waals surface area contributed by atoms with E-state index in [0.717, 1.165) is 0 Å². The largest absolute Gasteiger partial charge is 0.463 e. The molecule has 2 amide bonds. The normalized spacial score (nSPS) is 16.8. The number of carbonyl (C=O) groups is 3. The van der Waals surface area contributed by atoms with Crippen LogP contribution in [0.25, 0.3) is 0 Å². The van der Waals surface area contributed by atoms with Crippen molar-refractivity contribution >= 4 is 29.6 Å². The molecule has 0 aromatic heterocycles. The van der Waals surface area contributed by atoms with Gasteiger partial charge < -0.3 is 20.1 Å². The van der Waals surface area contributed by atoms with Crippen LogP contribution in [0.1, 0.15) is 30.6 Å². The molecule has 2 rings (SSSR count). The van der Waals surface area contributed by atoms with Gasteiger partial charge in [0.15, 0.2) is 0 Å². The Morgan fingerprint density at radius 3 is 2.60 bits per heavy atom. The number of benzene rings is 1. The molecule has 1 aromatic carbocycles. The summed E-state index contributed by atoms with van der Waals surface area (Å²) in [5.74, 6) is -1.17. The quantitative estimate of drug-likeness (QED) is 0.754. The van der Waals surface area contributed by atoms with Crippen molar-refractivity contribution in [2.24, 2.45) is 0 Å². The predicted octanol–water partition coefficient (Wildman–Crippen LogP) is 2.41. The molecule has 0 bridgehead atoms. The maximum Gasteiger partial charge on any atom is 0.338 e. The molecule has 0 unspecified atom stereocenters. The number of amides is 2. The van der Waals surface area contributed by atoms with Gasteiger partial charge in [-0.3, -0.25) is 0 Å². The lowest BCUT2D eigenvalue weighted by Crippen LogP contribution is -2.51. The second kappa shape index (κ2) is 8.53. The van der Waals surface area contributed by atoms with Gasteiger partial charge in [-0.05, 0) is 31.5 Å². The molecular weight excluding hydrogens is 348 g/mol. The lowest BCUT2D eigenvalue weighted by molar-refractivity contribution is -0.139. The number of rotatable bonds is 6. The number of halogens is 1. The van der Waals surface area contributed by atoms with Crippen LogP contribution < -0.4 is 10.6 Å². The number of nitrogens with one attached hydrogen (secondary N) is 2. The molecule has 25 heavy (non-hydrogen) atoms. The Kier molecular flexibility index (Phi) is 6.41. The summed E-state index contributed by atoms with van der Waals surface area (Å²) in [5.41, 5.74) is 0.741. The third-order valence-corrected chi connectivity index (χ3v) is 3.79. The van der Waals surface area contributed by atoms with Crippen molar-refractivity contribution in [3.05, 3.63) is 46.1 Å². The van der Waals surface area contributed by atoms with Gasteiger partial charge in [-0.1, -0.05) is 24.6 Å². The monoisotopic (exact) mass is 366 g/mol. The first-order valence-electron chi connectivity index (χ1n) is 7.86. The molecule has 8 heteroatoms. The fourth-order valence-electron chi connectivity index (χ4n) is 2.41. The van der Waals surface area contributed by atoms with Crippen LogP contribution in [0, 0.1) is 0 Å². The summed E-state index contributed by atoms with van der Waals surface area (Å²) >= 11 is 5.85. The molecule has 1 aromatic rings. The zero-order valence-electron chi connectivity index (χ0n) is 13.9. The van der Waals surface area contributed by atoms with Gasteiger partial charge in [0.25, 0.3) is 0 Å². The highest BCUT2D eigenvalue weighted by atomic mass is 35.5. The van der Waals surface area contributed by atoms with E-state index in [-0.39, 0.29) is 30.0 Å². The molecule has 0 fully saturated rings. The van der Waals surface area contributed by atoms with Crippen LogP contribution >= 0.6 is 11.6 Å². The van der Waals surface area contributed by atoms with E-state index < -0.39 is 24.0 Å². The smallest absolute Gasteiger partial charge is 0.338 e. The van der Waals surface area contributed by atoms with Gasteiger partial charge in [0.1, 0.15) is 6.61 Å². The standard InChI is InChI=1S/C17H19ClN2O5/c1-3-12-14(16(22)24-4-2)13(20-17(23)19-12)9-25-15(21)10-6-5-7-11(18)8-10/h5-8,12H,3-4,9H2,1-2H3,(H2,19,20,23)/t12-/m1/s1. The molecule has 1 atom stereocenters. The highest BCUT2D eigenvalue weighted by molar-refractivity contribution is 6.30. The van der Waals surface area contributed by atoms with Gasteiger partial charge in [-0.2, -0.15) is 0 Å². The second-order valence-electron chi connectivity index (χ2n) is 5.26.